The third-order valence-corrected chi connectivity index (χ3v) is 0.245. The lowest BCUT2D eigenvalue weighted by molar-refractivity contribution is -0.195. The van der Waals surface area contributed by atoms with Crippen molar-refractivity contribution < 1.29 is 29.6 Å². The average Bonchev–Trinajstić information content (AvgIpc) is 1.65. The van der Waals surface area contributed by atoms with Crippen LogP contribution in [0, 0.1) is 0 Å². The number of rotatable bonds is 0. The maximum Gasteiger partial charge on any atom is 0.550 e. The lowest BCUT2D eigenvalue weighted by atomic mass is 11.3. The number of hydrogen-bond acceptors (Lipinski definition) is 5. The highest BCUT2D eigenvalue weighted by molar-refractivity contribution is 5.75. The minimum Gasteiger partial charge on any atom is -0.449 e. The second-order valence-corrected chi connectivity index (χ2v) is 0.709. The molecule has 0 aromatic rings. The van der Waals surface area contributed by atoms with Gasteiger partial charge in [-0.2, -0.15) is 5.26 Å². The quantitative estimate of drug-likeness (QED) is 0.207. The first-order valence-electron chi connectivity index (χ1n) is 1.43. The van der Waals surface area contributed by atoms with E-state index in [2.05, 4.69) is 9.62 Å². The number of carboxylic acid groups (broad SMARTS) is 1. The van der Waals surface area contributed by atoms with Crippen LogP contribution >= 0.6 is 0 Å². The van der Waals surface area contributed by atoms with E-state index in [1.54, 1.807) is 0 Å². The molecule has 0 aliphatic heterocycles. The summed E-state index contributed by atoms with van der Waals surface area (Å²) in [6, 6.07) is 0. The fourth-order valence-electron chi connectivity index (χ4n) is 0.0899. The van der Waals surface area contributed by atoms with Crippen molar-refractivity contribution in [1.29, 1.82) is 0 Å². The van der Waals surface area contributed by atoms with Crippen LogP contribution in [0.25, 0.3) is 0 Å². The smallest absolute Gasteiger partial charge is 0.449 e. The minimum atomic E-state index is -1.83. The van der Waals surface area contributed by atoms with E-state index >= 15 is 0 Å². The summed E-state index contributed by atoms with van der Waals surface area (Å²) >= 11 is 0. The minimum absolute atomic E-state index is 1.67. The Balaban J connectivity index is 3.40. The van der Waals surface area contributed by atoms with Crippen LogP contribution in [-0.4, -0.2) is 22.7 Å². The fourth-order valence-corrected chi connectivity index (χ4v) is 0.0899. The van der Waals surface area contributed by atoms with E-state index < -0.39 is 12.3 Å². The summed E-state index contributed by atoms with van der Waals surface area (Å²) in [5.41, 5.74) is 0. The Morgan fingerprint density at radius 2 is 1.88 bits per heavy atom. The van der Waals surface area contributed by atoms with Crippen molar-refractivity contribution >= 4 is 12.3 Å². The van der Waals surface area contributed by atoms with Gasteiger partial charge in [-0.3, -0.25) is 4.89 Å². The molecule has 6 heteroatoms. The number of hydrogen-bond donors (Lipinski definition) is 2. The highest BCUT2D eigenvalue weighted by atomic mass is 17.2. The molecule has 0 saturated heterocycles. The lowest BCUT2D eigenvalue weighted by Gasteiger charge is -1.89. The van der Waals surface area contributed by atoms with Crippen molar-refractivity contribution in [3.8, 4) is 0 Å². The van der Waals surface area contributed by atoms with Crippen molar-refractivity contribution in [1.82, 2.24) is 0 Å². The summed E-state index contributed by atoms with van der Waals surface area (Å²) in [6.45, 7) is 0. The third kappa shape index (κ3) is 2.91. The summed E-state index contributed by atoms with van der Waals surface area (Å²) in [5, 5.41) is 14.9. The van der Waals surface area contributed by atoms with E-state index in [9.17, 15) is 9.59 Å². The molecule has 0 bridgehead atoms. The van der Waals surface area contributed by atoms with Gasteiger partial charge in [-0.15, -0.1) is 0 Å². The van der Waals surface area contributed by atoms with E-state index in [0.29, 0.717) is 0 Å². The summed E-state index contributed by atoms with van der Waals surface area (Å²) in [5.74, 6) is 0. The van der Waals surface area contributed by atoms with Crippen LogP contribution in [0.15, 0.2) is 0 Å². The first-order valence-corrected chi connectivity index (χ1v) is 1.43. The SMILES string of the molecule is O=C(O)OC(=O)OO. The summed E-state index contributed by atoms with van der Waals surface area (Å²) in [6.07, 6.45) is -3.50. The molecule has 0 aliphatic carbocycles. The van der Waals surface area contributed by atoms with Gasteiger partial charge in [0.2, 0.25) is 0 Å². The van der Waals surface area contributed by atoms with E-state index in [1.807, 2.05) is 0 Å². The Morgan fingerprint density at radius 1 is 1.38 bits per heavy atom. The molecule has 46 valence electrons. The van der Waals surface area contributed by atoms with Gasteiger partial charge in [-0.1, -0.05) is 0 Å². The zero-order valence-electron chi connectivity index (χ0n) is 3.53. The predicted octanol–water partition coefficient (Wildman–Crippen LogP) is 0.291. The van der Waals surface area contributed by atoms with Crippen LogP contribution in [0.3, 0.4) is 0 Å². The van der Waals surface area contributed by atoms with Gasteiger partial charge < -0.3 is 9.84 Å². The molecule has 0 amide bonds. The summed E-state index contributed by atoms with van der Waals surface area (Å²) in [7, 11) is 0. The van der Waals surface area contributed by atoms with E-state index in [-0.39, 0.29) is 0 Å². The van der Waals surface area contributed by atoms with Gasteiger partial charge in [-0.25, -0.2) is 9.59 Å². The standard InChI is InChI=1S/C2H2O6/c3-1(4)7-2(5)8-6/h6H,(H,3,4). The normalized spacial score (nSPS) is 7.62. The molecular formula is C2H2O6. The maximum atomic E-state index is 9.55. The molecule has 8 heavy (non-hydrogen) atoms. The monoisotopic (exact) mass is 122 g/mol. The zero-order chi connectivity index (χ0) is 6.57. The Morgan fingerprint density at radius 3 is 2.00 bits per heavy atom. The number of carbonyl (C=O) groups excluding carboxylic acids is 1. The van der Waals surface area contributed by atoms with Crippen molar-refractivity contribution in [2.45, 2.75) is 0 Å². The van der Waals surface area contributed by atoms with Gasteiger partial charge in [0.1, 0.15) is 0 Å². The molecule has 0 fully saturated rings. The van der Waals surface area contributed by atoms with Crippen molar-refractivity contribution in [3.63, 3.8) is 0 Å². The first-order chi connectivity index (χ1) is 3.66. The van der Waals surface area contributed by atoms with Crippen LogP contribution in [-0.2, 0) is 9.62 Å². The molecule has 0 spiro atoms. The Labute approximate surface area is 43.2 Å². The van der Waals surface area contributed by atoms with E-state index in [4.69, 9.17) is 10.4 Å². The molecule has 0 aliphatic rings. The van der Waals surface area contributed by atoms with Crippen molar-refractivity contribution in [2.24, 2.45) is 0 Å². The first kappa shape index (κ1) is 6.70. The third-order valence-electron chi connectivity index (χ3n) is 0.245. The van der Waals surface area contributed by atoms with Gasteiger partial charge in [-0.05, 0) is 0 Å². The number of carbonyl (C=O) groups is 2. The summed E-state index contributed by atoms with van der Waals surface area (Å²) < 4.78 is 3.20. The fraction of sp³-hybridized carbons (Fsp3) is 0. The molecule has 0 heterocycles. The van der Waals surface area contributed by atoms with Gasteiger partial charge >= 0.3 is 12.3 Å². The molecular weight excluding hydrogens is 120 g/mol. The summed E-state index contributed by atoms with van der Waals surface area (Å²) in [4.78, 5) is 21.7. The van der Waals surface area contributed by atoms with Gasteiger partial charge in [0.05, 0.1) is 0 Å². The molecule has 0 radical (unpaired) electrons. The molecule has 0 atom stereocenters. The second-order valence-electron chi connectivity index (χ2n) is 0.709. The van der Waals surface area contributed by atoms with Crippen LogP contribution in [0.5, 0.6) is 0 Å². The zero-order valence-corrected chi connectivity index (χ0v) is 3.53. The maximum absolute atomic E-state index is 9.55. The molecule has 2 N–H and O–H groups in total. The van der Waals surface area contributed by atoms with Crippen LogP contribution in [0.2, 0.25) is 0 Å². The highest BCUT2D eigenvalue weighted by Gasteiger charge is 2.07. The van der Waals surface area contributed by atoms with Crippen molar-refractivity contribution in [3.05, 3.63) is 0 Å². The number of ether oxygens (including phenoxy) is 1. The van der Waals surface area contributed by atoms with E-state index in [1.165, 1.54) is 0 Å². The van der Waals surface area contributed by atoms with Crippen LogP contribution in [0.4, 0.5) is 9.59 Å². The van der Waals surface area contributed by atoms with Crippen LogP contribution < -0.4 is 0 Å². The Hall–Kier alpha value is -1.30. The average molecular weight is 122 g/mol. The Kier molecular flexibility index (Phi) is 2.35. The second kappa shape index (κ2) is 2.80. The van der Waals surface area contributed by atoms with E-state index in [0.717, 1.165) is 0 Å². The largest absolute Gasteiger partial charge is 0.550 e. The molecule has 6 nitrogen and oxygen atoms in total. The molecule has 0 rings (SSSR count). The topological polar surface area (TPSA) is 93.1 Å². The molecule has 0 unspecified atom stereocenters. The predicted molar refractivity (Wildman–Crippen MR) is 18.2 cm³/mol. The highest BCUT2D eigenvalue weighted by Crippen LogP contribution is 1.80. The molecule has 0 saturated carbocycles. The van der Waals surface area contributed by atoms with Crippen LogP contribution in [0.1, 0.15) is 0 Å². The van der Waals surface area contributed by atoms with Gasteiger partial charge in [0, 0.05) is 0 Å². The molecule has 0 aromatic carbocycles. The van der Waals surface area contributed by atoms with Gasteiger partial charge in [0.25, 0.3) is 0 Å². The van der Waals surface area contributed by atoms with Crippen molar-refractivity contribution in [2.75, 3.05) is 0 Å². The Bertz CT molecular complexity index is 105. The lowest BCUT2D eigenvalue weighted by Crippen LogP contribution is -2.09. The molecule has 0 aromatic heterocycles. The van der Waals surface area contributed by atoms with Gasteiger partial charge in [0.15, 0.2) is 0 Å².